The van der Waals surface area contributed by atoms with Crippen molar-refractivity contribution in [3.05, 3.63) is 47.5 Å². The minimum atomic E-state index is -0.463. The molecule has 0 saturated carbocycles. The first-order chi connectivity index (χ1) is 10.9. The van der Waals surface area contributed by atoms with Crippen LogP contribution in [0.2, 0.25) is 5.02 Å². The molecule has 0 saturated heterocycles. The molecule has 0 amide bonds. The molecule has 5 heteroatoms. The van der Waals surface area contributed by atoms with Gasteiger partial charge in [-0.15, -0.1) is 0 Å². The van der Waals surface area contributed by atoms with E-state index in [0.717, 1.165) is 30.7 Å². The van der Waals surface area contributed by atoms with Crippen LogP contribution in [0.4, 0.5) is 0 Å². The number of aromatic nitrogens is 3. The van der Waals surface area contributed by atoms with Crippen LogP contribution in [0.15, 0.2) is 36.9 Å². The zero-order valence-corrected chi connectivity index (χ0v) is 14.9. The number of nitrogens with zero attached hydrogens (tertiary/aromatic N) is 3. The molecule has 0 bridgehead atoms. The fraction of sp³-hybridized carbons (Fsp3) is 0.556. The van der Waals surface area contributed by atoms with Gasteiger partial charge < -0.3 is 5.11 Å². The number of halogens is 1. The zero-order chi connectivity index (χ0) is 16.9. The van der Waals surface area contributed by atoms with Crippen molar-refractivity contribution < 1.29 is 5.11 Å². The van der Waals surface area contributed by atoms with Gasteiger partial charge in [0.15, 0.2) is 0 Å². The summed E-state index contributed by atoms with van der Waals surface area (Å²) in [6, 6.07) is 7.95. The van der Waals surface area contributed by atoms with Crippen LogP contribution in [0.25, 0.3) is 0 Å². The Labute approximate surface area is 143 Å². The summed E-state index contributed by atoms with van der Waals surface area (Å²) in [5.41, 5.74) is 1.06. The van der Waals surface area contributed by atoms with E-state index in [4.69, 9.17) is 11.6 Å². The Hall–Kier alpha value is -1.39. The number of rotatable bonds is 7. The summed E-state index contributed by atoms with van der Waals surface area (Å²) in [5, 5.41) is 15.7. The minimum Gasteiger partial charge on any atom is -0.390 e. The van der Waals surface area contributed by atoms with Crippen LogP contribution in [0.3, 0.4) is 0 Å². The first kappa shape index (κ1) is 18.0. The summed E-state index contributed by atoms with van der Waals surface area (Å²) in [4.78, 5) is 4.02. The Balaban J connectivity index is 1.91. The minimum absolute atomic E-state index is 0.0446. The predicted molar refractivity (Wildman–Crippen MR) is 93.5 cm³/mol. The topological polar surface area (TPSA) is 50.9 Å². The Bertz CT molecular complexity index is 593. The van der Waals surface area contributed by atoms with Crippen LogP contribution in [0.1, 0.15) is 51.6 Å². The summed E-state index contributed by atoms with van der Waals surface area (Å²) in [6.07, 6.45) is 6.70. The molecule has 0 aliphatic heterocycles. The molecule has 0 radical (unpaired) electrons. The van der Waals surface area contributed by atoms with Crippen molar-refractivity contribution in [1.29, 1.82) is 0 Å². The van der Waals surface area contributed by atoms with E-state index in [2.05, 4.69) is 16.1 Å². The van der Waals surface area contributed by atoms with Gasteiger partial charge in [0.05, 0.1) is 12.1 Å². The van der Waals surface area contributed by atoms with Gasteiger partial charge in [-0.3, -0.25) is 0 Å². The number of benzene rings is 1. The van der Waals surface area contributed by atoms with E-state index >= 15 is 0 Å². The highest BCUT2D eigenvalue weighted by Crippen LogP contribution is 2.31. The van der Waals surface area contributed by atoms with Gasteiger partial charge in [0.1, 0.15) is 12.7 Å². The molecule has 0 fully saturated rings. The van der Waals surface area contributed by atoms with E-state index in [1.54, 1.807) is 11.0 Å². The van der Waals surface area contributed by atoms with Crippen molar-refractivity contribution in [1.82, 2.24) is 14.8 Å². The molecular weight excluding hydrogens is 310 g/mol. The lowest BCUT2D eigenvalue weighted by molar-refractivity contribution is 0.00851. The lowest BCUT2D eigenvalue weighted by Gasteiger charge is -2.33. The third-order valence-corrected chi connectivity index (χ3v) is 4.37. The van der Waals surface area contributed by atoms with Crippen LogP contribution >= 0.6 is 11.6 Å². The highest BCUT2D eigenvalue weighted by atomic mass is 35.5. The number of hydrogen-bond acceptors (Lipinski definition) is 3. The molecule has 2 rings (SSSR count). The smallest absolute Gasteiger partial charge is 0.137 e. The quantitative estimate of drug-likeness (QED) is 0.768. The molecule has 2 unspecified atom stereocenters. The first-order valence-electron chi connectivity index (χ1n) is 8.14. The molecule has 0 aliphatic carbocycles. The summed E-state index contributed by atoms with van der Waals surface area (Å²) in [6.45, 7) is 6.15. The maximum absolute atomic E-state index is 10.7. The molecule has 1 N–H and O–H groups in total. The van der Waals surface area contributed by atoms with E-state index in [-0.39, 0.29) is 11.5 Å². The van der Waals surface area contributed by atoms with Crippen molar-refractivity contribution in [2.24, 2.45) is 5.41 Å². The molecule has 4 nitrogen and oxygen atoms in total. The van der Waals surface area contributed by atoms with Crippen molar-refractivity contribution in [2.45, 2.75) is 58.6 Å². The second-order valence-corrected chi connectivity index (χ2v) is 7.57. The lowest BCUT2D eigenvalue weighted by atomic mass is 9.83. The van der Waals surface area contributed by atoms with Crippen LogP contribution < -0.4 is 0 Å². The van der Waals surface area contributed by atoms with Crippen molar-refractivity contribution >= 4 is 11.6 Å². The van der Waals surface area contributed by atoms with Gasteiger partial charge in [0.2, 0.25) is 0 Å². The average molecular weight is 336 g/mol. The monoisotopic (exact) mass is 335 g/mol. The molecule has 2 aromatic rings. The van der Waals surface area contributed by atoms with E-state index in [1.165, 1.54) is 11.9 Å². The fourth-order valence-corrected chi connectivity index (χ4v) is 2.99. The van der Waals surface area contributed by atoms with Crippen molar-refractivity contribution in [2.75, 3.05) is 0 Å². The van der Waals surface area contributed by atoms with E-state index in [0.29, 0.717) is 0 Å². The summed E-state index contributed by atoms with van der Waals surface area (Å²) < 4.78 is 1.79. The molecular formula is C18H26ClN3O. The summed E-state index contributed by atoms with van der Waals surface area (Å²) >= 11 is 6.02. The van der Waals surface area contributed by atoms with Gasteiger partial charge in [-0.25, -0.2) is 9.67 Å². The number of unbranched alkanes of at least 4 members (excludes halogenated alkanes) is 1. The zero-order valence-electron chi connectivity index (χ0n) is 14.1. The number of aliphatic hydroxyl groups excluding tert-OH is 1. The van der Waals surface area contributed by atoms with Crippen molar-refractivity contribution in [3.8, 4) is 0 Å². The second-order valence-electron chi connectivity index (χ2n) is 7.13. The van der Waals surface area contributed by atoms with Crippen molar-refractivity contribution in [3.63, 3.8) is 0 Å². The van der Waals surface area contributed by atoms with Crippen LogP contribution in [-0.2, 0) is 6.42 Å². The Morgan fingerprint density at radius 3 is 2.65 bits per heavy atom. The molecule has 2 atom stereocenters. The molecule has 23 heavy (non-hydrogen) atoms. The first-order valence-corrected chi connectivity index (χ1v) is 8.52. The molecule has 1 aromatic heterocycles. The van der Waals surface area contributed by atoms with E-state index in [1.807, 2.05) is 39.0 Å². The van der Waals surface area contributed by atoms with Crippen LogP contribution in [0, 0.1) is 5.41 Å². The lowest BCUT2D eigenvalue weighted by Crippen LogP contribution is -2.35. The van der Waals surface area contributed by atoms with Crippen LogP contribution in [0.5, 0.6) is 0 Å². The molecule has 0 aliphatic rings. The Morgan fingerprint density at radius 1 is 1.26 bits per heavy atom. The van der Waals surface area contributed by atoms with Gasteiger partial charge in [0.25, 0.3) is 0 Å². The molecule has 1 aromatic carbocycles. The van der Waals surface area contributed by atoms with Gasteiger partial charge in [0, 0.05) is 5.02 Å². The fourth-order valence-electron chi connectivity index (χ4n) is 2.78. The van der Waals surface area contributed by atoms with Gasteiger partial charge >= 0.3 is 0 Å². The maximum atomic E-state index is 10.7. The summed E-state index contributed by atoms with van der Waals surface area (Å²) in [7, 11) is 0. The van der Waals surface area contributed by atoms with E-state index in [9.17, 15) is 5.11 Å². The Kier molecular flexibility index (Phi) is 6.19. The summed E-state index contributed by atoms with van der Waals surface area (Å²) in [5.74, 6) is 0. The van der Waals surface area contributed by atoms with Gasteiger partial charge in [-0.05, 0) is 42.4 Å². The van der Waals surface area contributed by atoms with Gasteiger partial charge in [-0.2, -0.15) is 5.10 Å². The third kappa shape index (κ3) is 5.33. The van der Waals surface area contributed by atoms with Crippen LogP contribution in [-0.4, -0.2) is 26.0 Å². The van der Waals surface area contributed by atoms with Gasteiger partial charge in [-0.1, -0.05) is 50.9 Å². The normalized spacial score (nSPS) is 14.7. The molecule has 126 valence electrons. The largest absolute Gasteiger partial charge is 0.390 e. The number of aryl methyl sites for hydroxylation is 1. The highest BCUT2D eigenvalue weighted by Gasteiger charge is 2.31. The SMILES string of the molecule is CC(C)(C)C(O)C(CCCCc1cccc(Cl)c1)n1cncn1. The predicted octanol–water partition coefficient (Wildman–Crippen LogP) is 4.29. The number of aliphatic hydroxyl groups is 1. The third-order valence-electron chi connectivity index (χ3n) is 4.13. The average Bonchev–Trinajstić information content (AvgIpc) is 3.00. The molecule has 0 spiro atoms. The van der Waals surface area contributed by atoms with E-state index < -0.39 is 6.10 Å². The number of hydrogen-bond donors (Lipinski definition) is 1. The standard InChI is InChI=1S/C18H26ClN3O/c1-18(2,3)17(23)16(22-13-20-12-21-22)10-5-4-7-14-8-6-9-15(19)11-14/h6,8-9,11-13,16-17,23H,4-5,7,10H2,1-3H3. The Morgan fingerprint density at radius 2 is 2.04 bits per heavy atom. The molecule has 1 heterocycles. The highest BCUT2D eigenvalue weighted by molar-refractivity contribution is 6.30. The second kappa shape index (κ2) is 7.93. The maximum Gasteiger partial charge on any atom is 0.137 e.